The van der Waals surface area contributed by atoms with E-state index in [4.69, 9.17) is 0 Å². The normalized spacial score (nSPS) is 10.6. The minimum absolute atomic E-state index is 0.139. The van der Waals surface area contributed by atoms with Crippen LogP contribution in [0.1, 0.15) is 16.8 Å². The summed E-state index contributed by atoms with van der Waals surface area (Å²) >= 11 is 1.15. The van der Waals surface area contributed by atoms with Gasteiger partial charge in [0.2, 0.25) is 0 Å². The topological polar surface area (TPSA) is 17.1 Å². The minimum atomic E-state index is -0.635. The second-order valence-electron chi connectivity index (χ2n) is 4.10. The Bertz CT molecular complexity index is 611. The molecule has 104 valence electrons. The van der Waals surface area contributed by atoms with Crippen LogP contribution < -0.4 is 0 Å². The van der Waals surface area contributed by atoms with Gasteiger partial charge in [-0.1, -0.05) is 0 Å². The van der Waals surface area contributed by atoms with Gasteiger partial charge >= 0.3 is 0 Å². The molecule has 0 aromatic heterocycles. The van der Waals surface area contributed by atoms with Gasteiger partial charge in [-0.2, -0.15) is 0 Å². The largest absolute Gasteiger partial charge is 0.294 e. The van der Waals surface area contributed by atoms with Gasteiger partial charge < -0.3 is 0 Å². The van der Waals surface area contributed by atoms with Gasteiger partial charge in [-0.25, -0.2) is 13.2 Å². The van der Waals surface area contributed by atoms with E-state index in [-0.39, 0.29) is 12.2 Å². The average Bonchev–Trinajstić information content (AvgIpc) is 2.42. The van der Waals surface area contributed by atoms with E-state index < -0.39 is 17.5 Å². The predicted octanol–water partition coefficient (Wildman–Crippen LogP) is 4.47. The number of ketones is 1. The molecule has 2 aromatic rings. The van der Waals surface area contributed by atoms with Crippen molar-refractivity contribution in [3.8, 4) is 0 Å². The number of thioether (sulfide) groups is 1. The van der Waals surface area contributed by atoms with Crippen LogP contribution in [0.25, 0.3) is 0 Å². The van der Waals surface area contributed by atoms with Crippen LogP contribution in [0.15, 0.2) is 47.4 Å². The fraction of sp³-hybridized carbons (Fsp3) is 0.133. The molecular formula is C15H11F3OS. The molecule has 0 saturated heterocycles. The van der Waals surface area contributed by atoms with E-state index in [0.717, 1.165) is 17.8 Å². The zero-order valence-electron chi connectivity index (χ0n) is 10.4. The molecule has 20 heavy (non-hydrogen) atoms. The maximum Gasteiger partial charge on any atom is 0.163 e. The van der Waals surface area contributed by atoms with Crippen molar-refractivity contribution in [1.82, 2.24) is 0 Å². The van der Waals surface area contributed by atoms with Crippen molar-refractivity contribution in [1.29, 1.82) is 0 Å². The summed E-state index contributed by atoms with van der Waals surface area (Å²) in [5.74, 6) is -1.43. The smallest absolute Gasteiger partial charge is 0.163 e. The van der Waals surface area contributed by atoms with E-state index in [2.05, 4.69) is 0 Å². The van der Waals surface area contributed by atoms with Crippen LogP contribution in [0, 0.1) is 17.5 Å². The Morgan fingerprint density at radius 3 is 2.25 bits per heavy atom. The van der Waals surface area contributed by atoms with E-state index in [9.17, 15) is 18.0 Å². The molecule has 0 aliphatic heterocycles. The van der Waals surface area contributed by atoms with Crippen molar-refractivity contribution in [2.75, 3.05) is 5.75 Å². The van der Waals surface area contributed by atoms with Crippen LogP contribution in [0.4, 0.5) is 13.2 Å². The highest BCUT2D eigenvalue weighted by Crippen LogP contribution is 2.23. The first kappa shape index (κ1) is 14.7. The molecule has 0 atom stereocenters. The molecule has 0 radical (unpaired) electrons. The van der Waals surface area contributed by atoms with Gasteiger partial charge in [-0.3, -0.25) is 4.79 Å². The summed E-state index contributed by atoms with van der Waals surface area (Å²) in [6.07, 6.45) is 0.202. The van der Waals surface area contributed by atoms with Crippen molar-refractivity contribution < 1.29 is 18.0 Å². The zero-order valence-corrected chi connectivity index (χ0v) is 11.2. The molecule has 1 nitrogen and oxygen atoms in total. The molecular weight excluding hydrogens is 285 g/mol. The van der Waals surface area contributed by atoms with Gasteiger partial charge in [0.25, 0.3) is 0 Å². The SMILES string of the molecule is O=C(CCSc1ccc(F)cc1F)c1ccc(F)cc1. The summed E-state index contributed by atoms with van der Waals surface area (Å²) < 4.78 is 38.8. The van der Waals surface area contributed by atoms with Crippen molar-refractivity contribution in [3.63, 3.8) is 0 Å². The van der Waals surface area contributed by atoms with Gasteiger partial charge in [-0.05, 0) is 36.4 Å². The van der Waals surface area contributed by atoms with Crippen LogP contribution in [-0.4, -0.2) is 11.5 Å². The van der Waals surface area contributed by atoms with E-state index in [1.807, 2.05) is 0 Å². The highest BCUT2D eigenvalue weighted by atomic mass is 32.2. The molecule has 0 aliphatic carbocycles. The molecule has 0 amide bonds. The van der Waals surface area contributed by atoms with Crippen molar-refractivity contribution in [3.05, 3.63) is 65.5 Å². The number of halogens is 3. The second-order valence-corrected chi connectivity index (χ2v) is 5.24. The predicted molar refractivity (Wildman–Crippen MR) is 72.4 cm³/mol. The van der Waals surface area contributed by atoms with Gasteiger partial charge in [-0.15, -0.1) is 11.8 Å². The van der Waals surface area contributed by atoms with Gasteiger partial charge in [0, 0.05) is 28.7 Å². The fourth-order valence-electron chi connectivity index (χ4n) is 1.63. The quantitative estimate of drug-likeness (QED) is 0.598. The van der Waals surface area contributed by atoms with Gasteiger partial charge in [0.05, 0.1) is 0 Å². The van der Waals surface area contributed by atoms with Gasteiger partial charge in [0.1, 0.15) is 17.5 Å². The van der Waals surface area contributed by atoms with Crippen molar-refractivity contribution in [2.24, 2.45) is 0 Å². The molecule has 2 aromatic carbocycles. The van der Waals surface area contributed by atoms with Crippen molar-refractivity contribution >= 4 is 17.5 Å². The summed E-state index contributed by atoms with van der Waals surface area (Å²) in [6.45, 7) is 0. The Morgan fingerprint density at radius 1 is 0.950 bits per heavy atom. The monoisotopic (exact) mass is 296 g/mol. The third-order valence-corrected chi connectivity index (χ3v) is 3.70. The number of carbonyl (C=O) groups excluding carboxylic acids is 1. The minimum Gasteiger partial charge on any atom is -0.294 e. The highest BCUT2D eigenvalue weighted by molar-refractivity contribution is 7.99. The Hall–Kier alpha value is -1.75. The molecule has 0 fully saturated rings. The Labute approximate surface area is 118 Å². The summed E-state index contributed by atoms with van der Waals surface area (Å²) in [4.78, 5) is 12.1. The molecule has 0 saturated carbocycles. The lowest BCUT2D eigenvalue weighted by molar-refractivity contribution is 0.0989. The maximum atomic E-state index is 13.4. The summed E-state index contributed by atoms with van der Waals surface area (Å²) in [6, 6.07) is 8.61. The Balaban J connectivity index is 1.89. The van der Waals surface area contributed by atoms with E-state index in [1.54, 1.807) is 0 Å². The number of hydrogen-bond donors (Lipinski definition) is 0. The van der Waals surface area contributed by atoms with E-state index in [0.29, 0.717) is 16.2 Å². The maximum absolute atomic E-state index is 13.4. The zero-order chi connectivity index (χ0) is 14.5. The molecule has 0 spiro atoms. The molecule has 0 N–H and O–H groups in total. The van der Waals surface area contributed by atoms with Gasteiger partial charge in [0.15, 0.2) is 5.78 Å². The second kappa shape index (κ2) is 6.61. The summed E-state index contributed by atoms with van der Waals surface area (Å²) in [5.41, 5.74) is 0.423. The van der Waals surface area contributed by atoms with Crippen molar-refractivity contribution in [2.45, 2.75) is 11.3 Å². The van der Waals surface area contributed by atoms with E-state index in [1.165, 1.54) is 36.4 Å². The lowest BCUT2D eigenvalue weighted by Gasteiger charge is -2.03. The molecule has 2 rings (SSSR count). The molecule has 0 bridgehead atoms. The molecule has 5 heteroatoms. The first-order valence-corrected chi connectivity index (χ1v) is 6.91. The third kappa shape index (κ3) is 3.87. The summed E-state index contributed by atoms with van der Waals surface area (Å²) in [7, 11) is 0. The first-order valence-electron chi connectivity index (χ1n) is 5.93. The molecule has 0 heterocycles. The number of Topliss-reactive ketones (excluding diaryl/α,β-unsaturated/α-hetero) is 1. The van der Waals surface area contributed by atoms with Crippen LogP contribution in [0.5, 0.6) is 0 Å². The number of benzene rings is 2. The van der Waals surface area contributed by atoms with Crippen LogP contribution in [0.2, 0.25) is 0 Å². The lowest BCUT2D eigenvalue weighted by Crippen LogP contribution is -2.00. The Kier molecular flexibility index (Phi) is 4.84. The van der Waals surface area contributed by atoms with Crippen LogP contribution in [0.3, 0.4) is 0 Å². The fourth-order valence-corrected chi connectivity index (χ4v) is 2.49. The Morgan fingerprint density at radius 2 is 1.60 bits per heavy atom. The van der Waals surface area contributed by atoms with Crippen LogP contribution >= 0.6 is 11.8 Å². The summed E-state index contributed by atoms with van der Waals surface area (Å²) in [5, 5.41) is 0. The van der Waals surface area contributed by atoms with Crippen LogP contribution in [-0.2, 0) is 0 Å². The lowest BCUT2D eigenvalue weighted by atomic mass is 10.1. The highest BCUT2D eigenvalue weighted by Gasteiger charge is 2.08. The standard InChI is InChI=1S/C15H11F3OS/c16-11-3-1-10(2-4-11)14(19)7-8-20-15-6-5-12(17)9-13(15)18/h1-6,9H,7-8H2. The average molecular weight is 296 g/mol. The number of hydrogen-bond acceptors (Lipinski definition) is 2. The molecule has 0 unspecified atom stereocenters. The van der Waals surface area contributed by atoms with E-state index >= 15 is 0 Å². The third-order valence-electron chi connectivity index (χ3n) is 2.65. The number of carbonyl (C=O) groups is 1. The number of rotatable bonds is 5. The molecule has 0 aliphatic rings. The first-order chi connectivity index (χ1) is 9.56.